The smallest absolute Gasteiger partial charge is 0.195 e. The van der Waals surface area contributed by atoms with E-state index in [2.05, 4.69) is 40.7 Å². The van der Waals surface area contributed by atoms with Gasteiger partial charge in [-0.3, -0.25) is 9.67 Å². The van der Waals surface area contributed by atoms with Crippen molar-refractivity contribution >= 4 is 12.2 Å². The highest BCUT2D eigenvalue weighted by molar-refractivity contribution is 7.71. The third-order valence-corrected chi connectivity index (χ3v) is 3.03. The predicted octanol–water partition coefficient (Wildman–Crippen LogP) is 1.94. The average molecular weight is 226 g/mol. The Kier molecular flexibility index (Phi) is 2.93. The van der Waals surface area contributed by atoms with Gasteiger partial charge in [0.25, 0.3) is 0 Å². The number of nitrogens with one attached hydrogen (secondary N) is 1. The molecule has 1 unspecified atom stereocenters. The highest BCUT2D eigenvalue weighted by atomic mass is 32.1. The summed E-state index contributed by atoms with van der Waals surface area (Å²) >= 11 is 5.28. The summed E-state index contributed by atoms with van der Waals surface area (Å²) in [7, 11) is 4.16. The molecule has 1 saturated carbocycles. The molecule has 1 aromatic heterocycles. The van der Waals surface area contributed by atoms with Gasteiger partial charge in [-0.15, -0.1) is 0 Å². The van der Waals surface area contributed by atoms with Crippen molar-refractivity contribution in [3.05, 3.63) is 10.6 Å². The predicted molar refractivity (Wildman–Crippen MR) is 62.7 cm³/mol. The van der Waals surface area contributed by atoms with Crippen molar-refractivity contribution in [2.45, 2.75) is 31.7 Å². The van der Waals surface area contributed by atoms with Gasteiger partial charge in [0.15, 0.2) is 4.77 Å². The maximum absolute atomic E-state index is 5.28. The van der Waals surface area contributed by atoms with E-state index in [1.807, 2.05) is 0 Å². The lowest BCUT2D eigenvalue weighted by Gasteiger charge is -2.19. The number of H-pyrrole nitrogens is 1. The molecular weight excluding hydrogens is 208 g/mol. The SMILES string of the molecule is CC(CN(C)C)n1c(C2CC2)n[nH]c1=S. The first-order chi connectivity index (χ1) is 7.09. The van der Waals surface area contributed by atoms with Crippen molar-refractivity contribution in [1.82, 2.24) is 19.7 Å². The maximum Gasteiger partial charge on any atom is 0.195 e. The molecule has 1 atom stereocenters. The summed E-state index contributed by atoms with van der Waals surface area (Å²) in [6.07, 6.45) is 2.52. The number of aromatic amines is 1. The third kappa shape index (κ3) is 2.29. The Morgan fingerprint density at radius 2 is 2.27 bits per heavy atom. The largest absolute Gasteiger partial charge is 0.307 e. The maximum atomic E-state index is 5.28. The summed E-state index contributed by atoms with van der Waals surface area (Å²) in [5.74, 6) is 1.79. The second-order valence-corrected chi connectivity index (χ2v) is 5.03. The zero-order valence-corrected chi connectivity index (χ0v) is 10.3. The zero-order valence-electron chi connectivity index (χ0n) is 9.53. The molecule has 0 amide bonds. The molecule has 1 aliphatic rings. The van der Waals surface area contributed by atoms with Gasteiger partial charge in [-0.2, -0.15) is 5.10 Å². The number of aromatic nitrogens is 3. The van der Waals surface area contributed by atoms with Gasteiger partial charge in [-0.05, 0) is 46.1 Å². The summed E-state index contributed by atoms with van der Waals surface area (Å²) < 4.78 is 2.93. The van der Waals surface area contributed by atoms with Crippen LogP contribution in [0.3, 0.4) is 0 Å². The molecule has 2 rings (SSSR count). The summed E-state index contributed by atoms with van der Waals surface area (Å²) in [6, 6.07) is 0.391. The number of nitrogens with zero attached hydrogens (tertiary/aromatic N) is 3. The fourth-order valence-electron chi connectivity index (χ4n) is 1.98. The van der Waals surface area contributed by atoms with Crippen LogP contribution < -0.4 is 0 Å². The molecule has 1 aromatic rings. The molecule has 5 heteroatoms. The summed E-state index contributed by atoms with van der Waals surface area (Å²) in [5, 5.41) is 7.24. The van der Waals surface area contributed by atoms with E-state index < -0.39 is 0 Å². The van der Waals surface area contributed by atoms with E-state index in [4.69, 9.17) is 12.2 Å². The first-order valence-corrected chi connectivity index (χ1v) is 5.82. The van der Waals surface area contributed by atoms with Gasteiger partial charge in [0.2, 0.25) is 0 Å². The van der Waals surface area contributed by atoms with Crippen LogP contribution in [0.15, 0.2) is 0 Å². The Hall–Kier alpha value is -0.680. The Morgan fingerprint density at radius 3 is 2.80 bits per heavy atom. The number of likely N-dealkylation sites (N-methyl/N-ethyl adjacent to an activating group) is 1. The van der Waals surface area contributed by atoms with Crippen molar-refractivity contribution in [1.29, 1.82) is 0 Å². The first-order valence-electron chi connectivity index (χ1n) is 5.41. The average Bonchev–Trinajstić information content (AvgIpc) is 2.89. The Labute approximate surface area is 95.3 Å². The van der Waals surface area contributed by atoms with E-state index in [1.165, 1.54) is 12.8 Å². The number of hydrogen-bond donors (Lipinski definition) is 1. The quantitative estimate of drug-likeness (QED) is 0.797. The second-order valence-electron chi connectivity index (χ2n) is 4.64. The Balaban J connectivity index is 2.24. The summed E-state index contributed by atoms with van der Waals surface area (Å²) in [6.45, 7) is 3.19. The van der Waals surface area contributed by atoms with Crippen LogP contribution in [0.5, 0.6) is 0 Å². The van der Waals surface area contributed by atoms with Crippen LogP contribution in [0.4, 0.5) is 0 Å². The van der Waals surface area contributed by atoms with Crippen LogP contribution in [0.25, 0.3) is 0 Å². The lowest BCUT2D eigenvalue weighted by atomic mass is 10.3. The molecule has 1 fully saturated rings. The fraction of sp³-hybridized carbons (Fsp3) is 0.800. The second kappa shape index (κ2) is 4.06. The van der Waals surface area contributed by atoms with E-state index in [9.17, 15) is 0 Å². The van der Waals surface area contributed by atoms with Gasteiger partial charge in [0, 0.05) is 18.5 Å². The van der Waals surface area contributed by atoms with Gasteiger partial charge in [0.1, 0.15) is 5.82 Å². The van der Waals surface area contributed by atoms with Crippen LogP contribution >= 0.6 is 12.2 Å². The van der Waals surface area contributed by atoms with Crippen molar-refractivity contribution in [3.8, 4) is 0 Å². The van der Waals surface area contributed by atoms with E-state index in [-0.39, 0.29) is 0 Å². The molecule has 4 nitrogen and oxygen atoms in total. The molecule has 1 heterocycles. The minimum atomic E-state index is 0.391. The van der Waals surface area contributed by atoms with Crippen LogP contribution in [-0.2, 0) is 0 Å². The molecule has 0 radical (unpaired) electrons. The minimum Gasteiger partial charge on any atom is -0.307 e. The van der Waals surface area contributed by atoms with E-state index in [0.29, 0.717) is 12.0 Å². The zero-order chi connectivity index (χ0) is 11.0. The van der Waals surface area contributed by atoms with Crippen LogP contribution in [0, 0.1) is 4.77 Å². The first kappa shape index (κ1) is 10.8. The normalized spacial score (nSPS) is 18.4. The molecule has 0 spiro atoms. The standard InChI is InChI=1S/C10H18N4S/c1-7(6-13(2)3)14-9(8-4-5-8)11-12-10(14)15/h7-8H,4-6H2,1-3H3,(H,12,15). The third-order valence-electron chi connectivity index (χ3n) is 2.74. The van der Waals surface area contributed by atoms with Gasteiger partial charge in [-0.25, -0.2) is 0 Å². The van der Waals surface area contributed by atoms with E-state index in [0.717, 1.165) is 17.1 Å². The molecule has 0 saturated heterocycles. The topological polar surface area (TPSA) is 36.9 Å². The van der Waals surface area contributed by atoms with E-state index >= 15 is 0 Å². The Morgan fingerprint density at radius 1 is 1.60 bits per heavy atom. The van der Waals surface area contributed by atoms with E-state index in [1.54, 1.807) is 0 Å². The van der Waals surface area contributed by atoms with Gasteiger partial charge in [-0.1, -0.05) is 0 Å². The minimum absolute atomic E-state index is 0.391. The molecule has 15 heavy (non-hydrogen) atoms. The lowest BCUT2D eigenvalue weighted by Crippen LogP contribution is -2.23. The van der Waals surface area contributed by atoms with Crippen LogP contribution in [0.2, 0.25) is 0 Å². The highest BCUT2D eigenvalue weighted by Gasteiger charge is 2.30. The molecule has 84 valence electrons. The van der Waals surface area contributed by atoms with Gasteiger partial charge in [0.05, 0.1) is 0 Å². The molecule has 0 aliphatic heterocycles. The summed E-state index contributed by atoms with van der Waals surface area (Å²) in [4.78, 5) is 2.18. The van der Waals surface area contributed by atoms with Crippen molar-refractivity contribution in [2.75, 3.05) is 20.6 Å². The Bertz CT molecular complexity index is 388. The van der Waals surface area contributed by atoms with Crippen molar-refractivity contribution in [3.63, 3.8) is 0 Å². The van der Waals surface area contributed by atoms with Crippen LogP contribution in [-0.4, -0.2) is 40.3 Å². The van der Waals surface area contributed by atoms with Crippen molar-refractivity contribution < 1.29 is 0 Å². The van der Waals surface area contributed by atoms with Crippen LogP contribution in [0.1, 0.15) is 37.5 Å². The summed E-state index contributed by atoms with van der Waals surface area (Å²) in [5.41, 5.74) is 0. The molecule has 1 N–H and O–H groups in total. The van der Waals surface area contributed by atoms with Gasteiger partial charge >= 0.3 is 0 Å². The molecule has 0 aromatic carbocycles. The van der Waals surface area contributed by atoms with Gasteiger partial charge < -0.3 is 4.90 Å². The fourth-order valence-corrected chi connectivity index (χ4v) is 2.30. The molecular formula is C10H18N4S. The van der Waals surface area contributed by atoms with Crippen molar-refractivity contribution in [2.24, 2.45) is 0 Å². The molecule has 1 aliphatic carbocycles. The highest BCUT2D eigenvalue weighted by Crippen LogP contribution is 2.39. The number of rotatable bonds is 4. The number of hydrogen-bond acceptors (Lipinski definition) is 3. The lowest BCUT2D eigenvalue weighted by molar-refractivity contribution is 0.331. The monoisotopic (exact) mass is 226 g/mol. The molecule has 0 bridgehead atoms.